The summed E-state index contributed by atoms with van der Waals surface area (Å²) in [6, 6.07) is 6.58. The maximum atomic E-state index is 11.7. The monoisotopic (exact) mass is 343 g/mol. The zero-order valence-corrected chi connectivity index (χ0v) is 13.4. The third-order valence-electron chi connectivity index (χ3n) is 3.10. The van der Waals surface area contributed by atoms with E-state index >= 15 is 0 Å². The minimum absolute atomic E-state index is 0. The van der Waals surface area contributed by atoms with E-state index in [1.54, 1.807) is 6.20 Å². The maximum absolute atomic E-state index is 11.7. The Labute approximate surface area is 135 Å². The van der Waals surface area contributed by atoms with Crippen molar-refractivity contribution >= 4 is 39.2 Å². The van der Waals surface area contributed by atoms with Gasteiger partial charge in [0.25, 0.3) is 0 Å². The third kappa shape index (κ3) is 4.33. The van der Waals surface area contributed by atoms with E-state index in [0.717, 1.165) is 16.5 Å². The van der Waals surface area contributed by atoms with Gasteiger partial charge in [0.05, 0.1) is 5.75 Å². The number of benzene rings is 1. The van der Waals surface area contributed by atoms with E-state index in [1.807, 2.05) is 24.3 Å². The Bertz CT molecular complexity index is 770. The van der Waals surface area contributed by atoms with Crippen molar-refractivity contribution in [1.29, 1.82) is 0 Å². The van der Waals surface area contributed by atoms with Crippen LogP contribution in [0.1, 0.15) is 5.56 Å². The van der Waals surface area contributed by atoms with Crippen LogP contribution in [0.4, 0.5) is 0 Å². The Balaban J connectivity index is 0.00000242. The SMILES string of the molecule is C=CCS(=O)(=O)N[C@@H](Cc1c[nH]c2ccccc12)C(N)=O.Cl. The van der Waals surface area contributed by atoms with E-state index in [0.29, 0.717) is 0 Å². The van der Waals surface area contributed by atoms with Crippen LogP contribution in [0.15, 0.2) is 43.1 Å². The number of halogens is 1. The van der Waals surface area contributed by atoms with Gasteiger partial charge in [-0.1, -0.05) is 24.3 Å². The lowest BCUT2D eigenvalue weighted by atomic mass is 10.1. The summed E-state index contributed by atoms with van der Waals surface area (Å²) in [5.74, 6) is -0.974. The van der Waals surface area contributed by atoms with Gasteiger partial charge in [-0.05, 0) is 18.1 Å². The maximum Gasteiger partial charge on any atom is 0.235 e. The van der Waals surface area contributed by atoms with Crippen LogP contribution in [0.2, 0.25) is 0 Å². The van der Waals surface area contributed by atoms with Gasteiger partial charge in [0.1, 0.15) is 6.04 Å². The van der Waals surface area contributed by atoms with Crippen molar-refractivity contribution in [3.8, 4) is 0 Å². The van der Waals surface area contributed by atoms with Gasteiger partial charge in [-0.15, -0.1) is 19.0 Å². The number of rotatable bonds is 7. The van der Waals surface area contributed by atoms with Gasteiger partial charge in [0, 0.05) is 17.1 Å². The standard InChI is InChI=1S/C14H17N3O3S.ClH/c1-2-7-21(19,20)17-13(14(15)18)8-10-9-16-12-6-4-3-5-11(10)12;/h2-6,9,13,16-17H,1,7-8H2,(H2,15,18);1H/t13-;/m0./s1. The topological polar surface area (TPSA) is 105 Å². The predicted molar refractivity (Wildman–Crippen MR) is 89.4 cm³/mol. The number of sulfonamides is 1. The lowest BCUT2D eigenvalue weighted by Crippen LogP contribution is -2.46. The van der Waals surface area contributed by atoms with Gasteiger partial charge in [-0.25, -0.2) is 13.1 Å². The van der Waals surface area contributed by atoms with E-state index in [4.69, 9.17) is 5.73 Å². The molecule has 1 amide bonds. The highest BCUT2D eigenvalue weighted by Crippen LogP contribution is 2.19. The van der Waals surface area contributed by atoms with Gasteiger partial charge in [0.15, 0.2) is 0 Å². The van der Waals surface area contributed by atoms with Crippen molar-refractivity contribution in [2.75, 3.05) is 5.75 Å². The molecule has 2 rings (SSSR count). The summed E-state index contributed by atoms with van der Waals surface area (Å²) in [6.45, 7) is 3.37. The number of nitrogens with two attached hydrogens (primary N) is 1. The second-order valence-corrected chi connectivity index (χ2v) is 6.51. The van der Waals surface area contributed by atoms with Crippen molar-refractivity contribution in [3.63, 3.8) is 0 Å². The lowest BCUT2D eigenvalue weighted by molar-refractivity contribution is -0.119. The van der Waals surface area contributed by atoms with Crippen molar-refractivity contribution in [2.45, 2.75) is 12.5 Å². The normalized spacial score (nSPS) is 12.5. The number of nitrogens with one attached hydrogen (secondary N) is 2. The molecule has 0 aliphatic heterocycles. The Morgan fingerprint density at radius 3 is 2.73 bits per heavy atom. The van der Waals surface area contributed by atoms with Gasteiger partial charge in [0.2, 0.25) is 15.9 Å². The van der Waals surface area contributed by atoms with E-state index in [9.17, 15) is 13.2 Å². The van der Waals surface area contributed by atoms with Crippen molar-refractivity contribution in [2.24, 2.45) is 5.73 Å². The highest BCUT2D eigenvalue weighted by Gasteiger charge is 2.23. The molecule has 1 aromatic carbocycles. The highest BCUT2D eigenvalue weighted by molar-refractivity contribution is 7.89. The lowest BCUT2D eigenvalue weighted by Gasteiger charge is -2.14. The summed E-state index contributed by atoms with van der Waals surface area (Å²) in [4.78, 5) is 14.6. The largest absolute Gasteiger partial charge is 0.368 e. The first-order valence-electron chi connectivity index (χ1n) is 6.38. The summed E-state index contributed by atoms with van der Waals surface area (Å²) < 4.78 is 25.8. The quantitative estimate of drug-likeness (QED) is 0.655. The molecule has 6 nitrogen and oxygen atoms in total. The molecular weight excluding hydrogens is 326 g/mol. The number of hydrogen-bond donors (Lipinski definition) is 3. The molecule has 8 heteroatoms. The van der Waals surface area contributed by atoms with Crippen molar-refractivity contribution in [3.05, 3.63) is 48.7 Å². The van der Waals surface area contributed by atoms with Crippen LogP contribution in [0.25, 0.3) is 10.9 Å². The number of aromatic nitrogens is 1. The van der Waals surface area contributed by atoms with Gasteiger partial charge in [-0.2, -0.15) is 0 Å². The van der Waals surface area contributed by atoms with Crippen LogP contribution >= 0.6 is 12.4 Å². The van der Waals surface area contributed by atoms with Crippen LogP contribution < -0.4 is 10.5 Å². The highest BCUT2D eigenvalue weighted by atomic mass is 35.5. The molecule has 0 aliphatic rings. The fraction of sp³-hybridized carbons (Fsp3) is 0.214. The average molecular weight is 344 g/mol. The molecule has 0 aliphatic carbocycles. The minimum Gasteiger partial charge on any atom is -0.368 e. The van der Waals surface area contributed by atoms with E-state index in [1.165, 1.54) is 6.08 Å². The zero-order chi connectivity index (χ0) is 15.5. The van der Waals surface area contributed by atoms with Crippen LogP contribution in [-0.2, 0) is 21.2 Å². The fourth-order valence-electron chi connectivity index (χ4n) is 2.14. The Kier molecular flexibility index (Phi) is 6.16. The van der Waals surface area contributed by atoms with Crippen LogP contribution in [0, 0.1) is 0 Å². The molecule has 120 valence electrons. The number of amides is 1. The summed E-state index contributed by atoms with van der Waals surface area (Å²) in [6.07, 6.45) is 3.20. The second-order valence-electron chi connectivity index (χ2n) is 4.71. The van der Waals surface area contributed by atoms with E-state index in [2.05, 4.69) is 16.3 Å². The second kappa shape index (κ2) is 7.44. The number of H-pyrrole nitrogens is 1. The summed E-state index contributed by atoms with van der Waals surface area (Å²) in [5, 5.41) is 0.937. The van der Waals surface area contributed by atoms with E-state index < -0.39 is 22.0 Å². The zero-order valence-electron chi connectivity index (χ0n) is 11.8. The van der Waals surface area contributed by atoms with Gasteiger partial charge in [-0.3, -0.25) is 4.79 Å². The first-order valence-corrected chi connectivity index (χ1v) is 8.03. The van der Waals surface area contributed by atoms with Crippen LogP contribution in [-0.4, -0.2) is 31.1 Å². The summed E-state index contributed by atoms with van der Waals surface area (Å²) in [5.41, 5.74) is 7.05. The first-order chi connectivity index (χ1) is 9.93. The number of primary amides is 1. The number of hydrogen-bond acceptors (Lipinski definition) is 3. The van der Waals surface area contributed by atoms with Gasteiger partial charge < -0.3 is 10.7 Å². The molecule has 4 N–H and O–H groups in total. The molecule has 1 heterocycles. The Morgan fingerprint density at radius 1 is 1.41 bits per heavy atom. The predicted octanol–water partition coefficient (Wildman–Crippen LogP) is 1.09. The molecule has 2 aromatic rings. The van der Waals surface area contributed by atoms with Crippen molar-refractivity contribution in [1.82, 2.24) is 9.71 Å². The van der Waals surface area contributed by atoms with Crippen molar-refractivity contribution < 1.29 is 13.2 Å². The molecule has 0 fully saturated rings. The number of carbonyl (C=O) groups excluding carboxylic acids is 1. The molecule has 0 saturated carbocycles. The number of para-hydroxylation sites is 1. The van der Waals surface area contributed by atoms with Crippen LogP contribution in [0.5, 0.6) is 0 Å². The molecule has 22 heavy (non-hydrogen) atoms. The van der Waals surface area contributed by atoms with Crippen LogP contribution in [0.3, 0.4) is 0 Å². The molecule has 1 atom stereocenters. The average Bonchev–Trinajstić information content (AvgIpc) is 2.81. The smallest absolute Gasteiger partial charge is 0.235 e. The summed E-state index contributed by atoms with van der Waals surface area (Å²) >= 11 is 0. The molecule has 0 spiro atoms. The third-order valence-corrected chi connectivity index (χ3v) is 4.42. The molecular formula is C14H18ClN3O3S. The molecule has 0 unspecified atom stereocenters. The molecule has 0 saturated heterocycles. The first kappa shape index (κ1) is 18.2. The molecule has 0 radical (unpaired) electrons. The van der Waals surface area contributed by atoms with Gasteiger partial charge >= 0.3 is 0 Å². The minimum atomic E-state index is -3.61. The summed E-state index contributed by atoms with van der Waals surface area (Å²) in [7, 11) is -3.61. The number of fused-ring (bicyclic) bond motifs is 1. The fourth-order valence-corrected chi connectivity index (χ4v) is 3.18. The Hall–Kier alpha value is -1.83. The number of carbonyl (C=O) groups is 1. The molecule has 0 bridgehead atoms. The molecule has 1 aromatic heterocycles. The Morgan fingerprint density at radius 2 is 2.09 bits per heavy atom. The number of aromatic amines is 1. The van der Waals surface area contributed by atoms with E-state index in [-0.39, 0.29) is 24.6 Å².